The Bertz CT molecular complexity index is 226. The molecule has 0 aromatic rings. The average Bonchev–Trinajstić information content (AvgIpc) is 2.57. The van der Waals surface area contributed by atoms with E-state index in [1.54, 1.807) is 0 Å². The lowest BCUT2D eigenvalue weighted by atomic mass is 9.80. The lowest BCUT2D eigenvalue weighted by Crippen LogP contribution is -2.47. The lowest BCUT2D eigenvalue weighted by molar-refractivity contribution is -0.235. The highest BCUT2D eigenvalue weighted by molar-refractivity contribution is 5.77. The van der Waals surface area contributed by atoms with E-state index >= 15 is 0 Å². The molecule has 13 heavy (non-hydrogen) atoms. The predicted molar refractivity (Wildman–Crippen MR) is 44.2 cm³/mol. The Kier molecular flexibility index (Phi) is 1.85. The first kappa shape index (κ1) is 8.97. The molecular formula is C9H14O4. The maximum atomic E-state index is 11.2. The highest BCUT2D eigenvalue weighted by Crippen LogP contribution is 2.55. The van der Waals surface area contributed by atoms with Crippen LogP contribution in [0.25, 0.3) is 0 Å². The van der Waals surface area contributed by atoms with Gasteiger partial charge in [0.2, 0.25) is 0 Å². The molecule has 2 rings (SSSR count). The Balaban J connectivity index is 2.39. The van der Waals surface area contributed by atoms with Crippen molar-refractivity contribution in [3.63, 3.8) is 0 Å². The molecule has 1 aliphatic carbocycles. The number of rotatable bonds is 2. The summed E-state index contributed by atoms with van der Waals surface area (Å²) < 4.78 is 10.8. The van der Waals surface area contributed by atoms with Crippen molar-refractivity contribution in [3.05, 3.63) is 0 Å². The Morgan fingerprint density at radius 1 is 1.46 bits per heavy atom. The van der Waals surface area contributed by atoms with E-state index in [4.69, 9.17) is 9.47 Å². The molecule has 0 amide bonds. The van der Waals surface area contributed by atoms with E-state index in [2.05, 4.69) is 0 Å². The summed E-state index contributed by atoms with van der Waals surface area (Å²) in [6, 6.07) is 0. The molecule has 0 spiro atoms. The predicted octanol–water partition coefficient (Wildman–Crippen LogP) is 1.00. The minimum absolute atomic E-state index is 0.500. The molecule has 0 bridgehead atoms. The number of aliphatic carboxylic acids is 1. The summed E-state index contributed by atoms with van der Waals surface area (Å²) in [7, 11) is 1.54. The fourth-order valence-electron chi connectivity index (χ4n) is 2.70. The number of ether oxygens (including phenoxy) is 2. The second-order valence-electron chi connectivity index (χ2n) is 3.80. The Labute approximate surface area is 76.8 Å². The van der Waals surface area contributed by atoms with Gasteiger partial charge in [-0.1, -0.05) is 0 Å². The summed E-state index contributed by atoms with van der Waals surface area (Å²) in [5, 5.41) is 9.21. The molecule has 2 atom stereocenters. The summed E-state index contributed by atoms with van der Waals surface area (Å²) in [5.74, 6) is -1.61. The van der Waals surface area contributed by atoms with E-state index in [0.29, 0.717) is 25.9 Å². The fraction of sp³-hybridized carbons (Fsp3) is 0.889. The molecule has 2 aliphatic rings. The van der Waals surface area contributed by atoms with Crippen LogP contribution in [0.1, 0.15) is 25.7 Å². The smallest absolute Gasteiger partial charge is 0.315 e. The van der Waals surface area contributed by atoms with Crippen LogP contribution in [0, 0.1) is 5.41 Å². The monoisotopic (exact) mass is 186 g/mol. The first-order valence-electron chi connectivity index (χ1n) is 4.59. The average molecular weight is 186 g/mol. The molecule has 4 heteroatoms. The SMILES string of the molecule is COC12CCCC1(C(=O)O)CCO2. The van der Waals surface area contributed by atoms with Crippen molar-refractivity contribution >= 4 is 5.97 Å². The Morgan fingerprint density at radius 2 is 2.23 bits per heavy atom. The third-order valence-electron chi connectivity index (χ3n) is 3.44. The van der Waals surface area contributed by atoms with Gasteiger partial charge in [0, 0.05) is 13.5 Å². The van der Waals surface area contributed by atoms with Gasteiger partial charge in [-0.3, -0.25) is 4.79 Å². The highest BCUT2D eigenvalue weighted by atomic mass is 16.7. The van der Waals surface area contributed by atoms with Gasteiger partial charge in [-0.05, 0) is 19.3 Å². The van der Waals surface area contributed by atoms with E-state index < -0.39 is 17.2 Å². The lowest BCUT2D eigenvalue weighted by Gasteiger charge is -2.33. The largest absolute Gasteiger partial charge is 0.481 e. The maximum Gasteiger partial charge on any atom is 0.315 e. The summed E-state index contributed by atoms with van der Waals surface area (Å²) in [5.41, 5.74) is -0.776. The van der Waals surface area contributed by atoms with Crippen LogP contribution >= 0.6 is 0 Å². The summed E-state index contributed by atoms with van der Waals surface area (Å²) in [6.07, 6.45) is 2.84. The molecule has 0 radical (unpaired) electrons. The first-order valence-corrected chi connectivity index (χ1v) is 4.59. The molecule has 1 saturated heterocycles. The van der Waals surface area contributed by atoms with Gasteiger partial charge >= 0.3 is 5.97 Å². The number of carboxylic acid groups (broad SMARTS) is 1. The molecule has 2 unspecified atom stereocenters. The van der Waals surface area contributed by atoms with Crippen LogP contribution in [0.3, 0.4) is 0 Å². The van der Waals surface area contributed by atoms with Crippen LogP contribution in [-0.2, 0) is 14.3 Å². The summed E-state index contributed by atoms with van der Waals surface area (Å²) in [4.78, 5) is 11.2. The number of hydrogen-bond acceptors (Lipinski definition) is 3. The van der Waals surface area contributed by atoms with Gasteiger partial charge in [-0.25, -0.2) is 0 Å². The van der Waals surface area contributed by atoms with Gasteiger partial charge in [0.25, 0.3) is 0 Å². The minimum Gasteiger partial charge on any atom is -0.481 e. The molecule has 2 fully saturated rings. The second kappa shape index (κ2) is 2.69. The molecule has 1 saturated carbocycles. The zero-order chi connectivity index (χ0) is 9.53. The van der Waals surface area contributed by atoms with Gasteiger partial charge in [0.15, 0.2) is 5.79 Å². The zero-order valence-electron chi connectivity index (χ0n) is 7.71. The minimum atomic E-state index is -0.834. The van der Waals surface area contributed by atoms with Crippen LogP contribution in [0.4, 0.5) is 0 Å². The zero-order valence-corrected chi connectivity index (χ0v) is 7.71. The number of carbonyl (C=O) groups is 1. The molecule has 4 nitrogen and oxygen atoms in total. The number of methoxy groups -OCH3 is 1. The summed E-state index contributed by atoms with van der Waals surface area (Å²) in [6.45, 7) is 0.500. The van der Waals surface area contributed by atoms with Gasteiger partial charge < -0.3 is 14.6 Å². The van der Waals surface area contributed by atoms with Gasteiger partial charge in [-0.2, -0.15) is 0 Å². The van der Waals surface area contributed by atoms with Crippen molar-refractivity contribution in [3.8, 4) is 0 Å². The van der Waals surface area contributed by atoms with Crippen LogP contribution in [0.5, 0.6) is 0 Å². The van der Waals surface area contributed by atoms with E-state index in [0.717, 1.165) is 6.42 Å². The third kappa shape index (κ3) is 0.901. The van der Waals surface area contributed by atoms with Gasteiger partial charge in [0.1, 0.15) is 5.41 Å². The molecule has 74 valence electrons. The van der Waals surface area contributed by atoms with Crippen molar-refractivity contribution in [1.29, 1.82) is 0 Å². The van der Waals surface area contributed by atoms with Crippen molar-refractivity contribution in [2.75, 3.05) is 13.7 Å². The van der Waals surface area contributed by atoms with E-state index in [1.165, 1.54) is 7.11 Å². The first-order chi connectivity index (χ1) is 6.17. The van der Waals surface area contributed by atoms with Gasteiger partial charge in [-0.15, -0.1) is 0 Å². The molecule has 0 aromatic carbocycles. The maximum absolute atomic E-state index is 11.2. The topological polar surface area (TPSA) is 55.8 Å². The highest BCUT2D eigenvalue weighted by Gasteiger charge is 2.64. The molecule has 1 N–H and O–H groups in total. The van der Waals surface area contributed by atoms with Crippen molar-refractivity contribution < 1.29 is 19.4 Å². The van der Waals surface area contributed by atoms with Crippen LogP contribution in [0.2, 0.25) is 0 Å². The van der Waals surface area contributed by atoms with Crippen molar-refractivity contribution in [2.45, 2.75) is 31.5 Å². The van der Waals surface area contributed by atoms with Crippen molar-refractivity contribution in [1.82, 2.24) is 0 Å². The molecular weight excluding hydrogens is 172 g/mol. The summed E-state index contributed by atoms with van der Waals surface area (Å²) >= 11 is 0. The number of hydrogen-bond donors (Lipinski definition) is 1. The quantitative estimate of drug-likeness (QED) is 0.699. The van der Waals surface area contributed by atoms with Gasteiger partial charge in [0.05, 0.1) is 6.61 Å². The van der Waals surface area contributed by atoms with Crippen LogP contribution in [-0.4, -0.2) is 30.6 Å². The van der Waals surface area contributed by atoms with Crippen molar-refractivity contribution in [2.24, 2.45) is 5.41 Å². The van der Waals surface area contributed by atoms with E-state index in [1.807, 2.05) is 0 Å². The van der Waals surface area contributed by atoms with Crippen LogP contribution < -0.4 is 0 Å². The number of carboxylic acids is 1. The van der Waals surface area contributed by atoms with E-state index in [-0.39, 0.29) is 0 Å². The number of fused-ring (bicyclic) bond motifs is 1. The Hall–Kier alpha value is -0.610. The van der Waals surface area contributed by atoms with E-state index in [9.17, 15) is 9.90 Å². The standard InChI is InChI=1S/C9H14O4/c1-12-9-4-2-3-8(9,7(10)11)5-6-13-9/h2-6H2,1H3,(H,10,11). The molecule has 1 heterocycles. The third-order valence-corrected chi connectivity index (χ3v) is 3.44. The Morgan fingerprint density at radius 3 is 2.77 bits per heavy atom. The molecule has 0 aromatic heterocycles. The second-order valence-corrected chi connectivity index (χ2v) is 3.80. The molecule has 1 aliphatic heterocycles. The fourth-order valence-corrected chi connectivity index (χ4v) is 2.70. The van der Waals surface area contributed by atoms with Crippen LogP contribution in [0.15, 0.2) is 0 Å². The normalized spacial score (nSPS) is 43.5.